The summed E-state index contributed by atoms with van der Waals surface area (Å²) in [5.74, 6) is 0. The molecule has 0 atom stereocenters. The Bertz CT molecular complexity index is 479. The van der Waals surface area contributed by atoms with E-state index < -0.39 is 10.0 Å². The summed E-state index contributed by atoms with van der Waals surface area (Å²) in [4.78, 5) is 0.363. The van der Waals surface area contributed by atoms with Crippen LogP contribution in [0.5, 0.6) is 0 Å². The van der Waals surface area contributed by atoms with E-state index in [1.807, 2.05) is 33.0 Å². The van der Waals surface area contributed by atoms with Crippen LogP contribution >= 0.6 is 0 Å². The van der Waals surface area contributed by atoms with Crippen LogP contribution in [-0.2, 0) is 16.6 Å². The van der Waals surface area contributed by atoms with Crippen molar-refractivity contribution in [1.29, 1.82) is 0 Å². The first-order valence-electron chi connectivity index (χ1n) is 6.68. The van der Waals surface area contributed by atoms with E-state index in [0.717, 1.165) is 24.9 Å². The van der Waals surface area contributed by atoms with Crippen LogP contribution in [0.3, 0.4) is 0 Å². The van der Waals surface area contributed by atoms with Crippen LogP contribution in [-0.4, -0.2) is 32.9 Å². The summed E-state index contributed by atoms with van der Waals surface area (Å²) in [6.45, 7) is 4.76. The average molecular weight is 284 g/mol. The first-order chi connectivity index (χ1) is 8.97. The molecule has 0 aliphatic heterocycles. The van der Waals surface area contributed by atoms with Crippen molar-refractivity contribution in [1.82, 2.24) is 9.62 Å². The van der Waals surface area contributed by atoms with Gasteiger partial charge in [-0.05, 0) is 37.6 Å². The van der Waals surface area contributed by atoms with Gasteiger partial charge in [0.15, 0.2) is 0 Å². The average Bonchev–Trinajstić information content (AvgIpc) is 2.41. The highest BCUT2D eigenvalue weighted by Gasteiger charge is 2.25. The zero-order valence-corrected chi connectivity index (χ0v) is 13.0. The molecule has 0 unspecified atom stereocenters. The van der Waals surface area contributed by atoms with Crippen molar-refractivity contribution < 1.29 is 8.42 Å². The molecule has 0 aliphatic carbocycles. The summed E-state index contributed by atoms with van der Waals surface area (Å²) in [5, 5.41) is 3.04. The molecule has 19 heavy (non-hydrogen) atoms. The second-order valence-corrected chi connectivity index (χ2v) is 6.66. The Kier molecular flexibility index (Phi) is 5.97. The lowest BCUT2D eigenvalue weighted by Gasteiger charge is -2.25. The van der Waals surface area contributed by atoms with Gasteiger partial charge in [0.2, 0.25) is 10.0 Å². The largest absolute Gasteiger partial charge is 0.316 e. The second-order valence-electron chi connectivity index (χ2n) is 4.67. The van der Waals surface area contributed by atoms with E-state index in [2.05, 4.69) is 5.32 Å². The van der Waals surface area contributed by atoms with E-state index in [9.17, 15) is 8.42 Å². The summed E-state index contributed by atoms with van der Waals surface area (Å²) in [6.07, 6.45) is 1.65. The zero-order chi connectivity index (χ0) is 14.5. The van der Waals surface area contributed by atoms with Crippen LogP contribution in [0.1, 0.15) is 32.3 Å². The third-order valence-electron chi connectivity index (χ3n) is 3.44. The first kappa shape index (κ1) is 16.1. The van der Waals surface area contributed by atoms with Crippen molar-refractivity contribution >= 4 is 10.0 Å². The molecule has 0 bridgehead atoms. The summed E-state index contributed by atoms with van der Waals surface area (Å²) in [6, 6.07) is 7.12. The topological polar surface area (TPSA) is 49.4 Å². The molecule has 0 saturated heterocycles. The van der Waals surface area contributed by atoms with Gasteiger partial charge in [-0.25, -0.2) is 8.42 Å². The lowest BCUT2D eigenvalue weighted by molar-refractivity contribution is 0.349. The Morgan fingerprint density at radius 3 is 2.11 bits per heavy atom. The SMILES string of the molecule is CCC(CC)N(C)S(=O)(=O)c1ccc(CNC)cc1. The molecule has 0 aliphatic rings. The van der Waals surface area contributed by atoms with E-state index in [-0.39, 0.29) is 6.04 Å². The fourth-order valence-corrected chi connectivity index (χ4v) is 3.65. The smallest absolute Gasteiger partial charge is 0.243 e. The molecule has 0 radical (unpaired) electrons. The molecule has 0 saturated carbocycles. The van der Waals surface area contributed by atoms with Crippen molar-refractivity contribution in [2.75, 3.05) is 14.1 Å². The van der Waals surface area contributed by atoms with Crippen LogP contribution in [0.2, 0.25) is 0 Å². The highest BCUT2D eigenvalue weighted by atomic mass is 32.2. The molecular weight excluding hydrogens is 260 g/mol. The maximum absolute atomic E-state index is 12.5. The summed E-state index contributed by atoms with van der Waals surface area (Å²) in [7, 11) is 0.147. The molecule has 0 fully saturated rings. The Balaban J connectivity index is 2.99. The molecule has 5 heteroatoms. The summed E-state index contributed by atoms with van der Waals surface area (Å²) >= 11 is 0. The molecule has 1 rings (SSSR count). The molecule has 108 valence electrons. The van der Waals surface area contributed by atoms with Gasteiger partial charge in [-0.15, -0.1) is 0 Å². The van der Waals surface area contributed by atoms with Crippen molar-refractivity contribution in [2.24, 2.45) is 0 Å². The minimum Gasteiger partial charge on any atom is -0.316 e. The van der Waals surface area contributed by atoms with E-state index in [4.69, 9.17) is 0 Å². The fraction of sp³-hybridized carbons (Fsp3) is 0.571. The van der Waals surface area contributed by atoms with Gasteiger partial charge in [0, 0.05) is 19.6 Å². The van der Waals surface area contributed by atoms with Gasteiger partial charge >= 0.3 is 0 Å². The molecule has 1 aromatic rings. The number of sulfonamides is 1. The molecular formula is C14H24N2O2S. The van der Waals surface area contributed by atoms with Crippen LogP contribution < -0.4 is 5.32 Å². The minimum atomic E-state index is -3.38. The van der Waals surface area contributed by atoms with Crippen molar-refractivity contribution in [2.45, 2.75) is 44.2 Å². The molecule has 0 amide bonds. The third kappa shape index (κ3) is 3.78. The lowest BCUT2D eigenvalue weighted by atomic mass is 10.2. The minimum absolute atomic E-state index is 0.0574. The van der Waals surface area contributed by atoms with Crippen LogP contribution in [0.25, 0.3) is 0 Å². The Labute approximate surface area is 116 Å². The quantitative estimate of drug-likeness (QED) is 0.835. The standard InChI is InChI=1S/C14H24N2O2S/c1-5-13(6-2)16(4)19(17,18)14-9-7-12(8-10-14)11-15-3/h7-10,13,15H,5-6,11H2,1-4H3. The monoisotopic (exact) mass is 284 g/mol. The lowest BCUT2D eigenvalue weighted by Crippen LogP contribution is -2.36. The number of hydrogen-bond acceptors (Lipinski definition) is 3. The molecule has 0 aromatic heterocycles. The molecule has 1 N–H and O–H groups in total. The molecule has 0 spiro atoms. The second kappa shape index (κ2) is 7.03. The number of rotatable bonds is 7. The van der Waals surface area contributed by atoms with E-state index in [1.54, 1.807) is 19.2 Å². The van der Waals surface area contributed by atoms with Gasteiger partial charge in [0.1, 0.15) is 0 Å². The van der Waals surface area contributed by atoms with Gasteiger partial charge in [0.25, 0.3) is 0 Å². The number of nitrogens with one attached hydrogen (secondary N) is 1. The van der Waals surface area contributed by atoms with Crippen LogP contribution in [0.4, 0.5) is 0 Å². The van der Waals surface area contributed by atoms with E-state index in [1.165, 1.54) is 4.31 Å². The zero-order valence-electron chi connectivity index (χ0n) is 12.2. The van der Waals surface area contributed by atoms with Gasteiger partial charge in [0.05, 0.1) is 4.90 Å². The summed E-state index contributed by atoms with van der Waals surface area (Å²) < 4.78 is 26.4. The first-order valence-corrected chi connectivity index (χ1v) is 8.12. The maximum Gasteiger partial charge on any atom is 0.243 e. The predicted octanol–water partition coefficient (Wildman–Crippen LogP) is 2.22. The van der Waals surface area contributed by atoms with Gasteiger partial charge in [-0.2, -0.15) is 4.31 Å². The van der Waals surface area contributed by atoms with E-state index in [0.29, 0.717) is 4.90 Å². The summed E-state index contributed by atoms with van der Waals surface area (Å²) in [5.41, 5.74) is 1.08. The third-order valence-corrected chi connectivity index (χ3v) is 5.36. The van der Waals surface area contributed by atoms with Crippen molar-refractivity contribution in [3.63, 3.8) is 0 Å². The molecule has 4 nitrogen and oxygen atoms in total. The van der Waals surface area contributed by atoms with E-state index >= 15 is 0 Å². The normalized spacial score (nSPS) is 12.3. The van der Waals surface area contributed by atoms with Crippen LogP contribution in [0.15, 0.2) is 29.2 Å². The number of nitrogens with zero attached hydrogens (tertiary/aromatic N) is 1. The van der Waals surface area contributed by atoms with Gasteiger partial charge < -0.3 is 5.32 Å². The van der Waals surface area contributed by atoms with Gasteiger partial charge in [-0.1, -0.05) is 26.0 Å². The van der Waals surface area contributed by atoms with Crippen LogP contribution in [0, 0.1) is 0 Å². The van der Waals surface area contributed by atoms with Gasteiger partial charge in [-0.3, -0.25) is 0 Å². The predicted molar refractivity (Wildman–Crippen MR) is 78.5 cm³/mol. The van der Waals surface area contributed by atoms with Crippen molar-refractivity contribution in [3.05, 3.63) is 29.8 Å². The highest BCUT2D eigenvalue weighted by molar-refractivity contribution is 7.89. The Morgan fingerprint density at radius 2 is 1.68 bits per heavy atom. The number of hydrogen-bond donors (Lipinski definition) is 1. The fourth-order valence-electron chi connectivity index (χ4n) is 2.15. The Morgan fingerprint density at radius 1 is 1.16 bits per heavy atom. The number of benzene rings is 1. The van der Waals surface area contributed by atoms with Crippen molar-refractivity contribution in [3.8, 4) is 0 Å². The molecule has 1 aromatic carbocycles. The molecule has 0 heterocycles. The highest BCUT2D eigenvalue weighted by Crippen LogP contribution is 2.19. The maximum atomic E-state index is 12.5. The Hall–Kier alpha value is -0.910.